The van der Waals surface area contributed by atoms with Gasteiger partial charge in [0.2, 0.25) is 5.91 Å². The van der Waals surface area contributed by atoms with Gasteiger partial charge in [0.05, 0.1) is 12.2 Å². The summed E-state index contributed by atoms with van der Waals surface area (Å²) in [5, 5.41) is 20.0. The Bertz CT molecular complexity index is 701. The van der Waals surface area contributed by atoms with E-state index in [-0.39, 0.29) is 24.6 Å². The second-order valence-electron chi connectivity index (χ2n) is 5.04. The van der Waals surface area contributed by atoms with E-state index < -0.39 is 5.97 Å². The minimum absolute atomic E-state index is 0.0757. The van der Waals surface area contributed by atoms with Crippen molar-refractivity contribution in [3.05, 3.63) is 34.9 Å². The highest BCUT2D eigenvalue weighted by molar-refractivity contribution is 5.85. The first-order valence-electron chi connectivity index (χ1n) is 6.91. The van der Waals surface area contributed by atoms with E-state index in [9.17, 15) is 9.59 Å². The lowest BCUT2D eigenvalue weighted by Gasteiger charge is -2.07. The van der Waals surface area contributed by atoms with Gasteiger partial charge in [-0.15, -0.1) is 0 Å². The third-order valence-corrected chi connectivity index (χ3v) is 3.61. The third-order valence-electron chi connectivity index (χ3n) is 3.61. The van der Waals surface area contributed by atoms with Crippen LogP contribution in [0.5, 0.6) is 0 Å². The van der Waals surface area contributed by atoms with Crippen LogP contribution < -0.4 is 5.32 Å². The Morgan fingerprint density at radius 3 is 2.68 bits per heavy atom. The van der Waals surface area contributed by atoms with Crippen LogP contribution in [0.25, 0.3) is 0 Å². The Morgan fingerprint density at radius 1 is 1.36 bits per heavy atom. The molecule has 2 aromatic heterocycles. The molecule has 8 nitrogen and oxygen atoms in total. The Morgan fingerprint density at radius 2 is 2.09 bits per heavy atom. The largest absolute Gasteiger partial charge is 0.477 e. The standard InChI is InChI=1S/C14H19N5O3/c1-9-11(10(2)18(3)17-9)8-15-13(20)5-7-19-12(14(21)22)4-6-16-19/h4,6H,5,7-8H2,1-3H3,(H,15,20)(H,21,22). The molecule has 8 heteroatoms. The molecule has 1 amide bonds. The summed E-state index contributed by atoms with van der Waals surface area (Å²) >= 11 is 0. The minimum atomic E-state index is -1.06. The molecule has 118 valence electrons. The van der Waals surface area contributed by atoms with E-state index in [0.29, 0.717) is 6.54 Å². The van der Waals surface area contributed by atoms with E-state index in [1.165, 1.54) is 16.9 Å². The third kappa shape index (κ3) is 3.33. The van der Waals surface area contributed by atoms with Gasteiger partial charge < -0.3 is 10.4 Å². The van der Waals surface area contributed by atoms with Gasteiger partial charge in [-0.3, -0.25) is 14.2 Å². The van der Waals surface area contributed by atoms with Gasteiger partial charge in [0.25, 0.3) is 0 Å². The average molecular weight is 305 g/mol. The number of nitrogens with one attached hydrogen (secondary N) is 1. The molecule has 0 aliphatic rings. The molecule has 0 aliphatic carbocycles. The van der Waals surface area contributed by atoms with Crippen molar-refractivity contribution in [3.8, 4) is 0 Å². The van der Waals surface area contributed by atoms with Crippen molar-refractivity contribution in [2.24, 2.45) is 7.05 Å². The van der Waals surface area contributed by atoms with Crippen molar-refractivity contribution in [2.75, 3.05) is 0 Å². The topological polar surface area (TPSA) is 102 Å². The van der Waals surface area contributed by atoms with Crippen LogP contribution >= 0.6 is 0 Å². The molecule has 0 bridgehead atoms. The summed E-state index contributed by atoms with van der Waals surface area (Å²) in [4.78, 5) is 22.8. The van der Waals surface area contributed by atoms with Crippen molar-refractivity contribution in [2.45, 2.75) is 33.4 Å². The predicted octanol–water partition coefficient (Wildman–Crippen LogP) is 0.638. The molecule has 0 atom stereocenters. The highest BCUT2D eigenvalue weighted by atomic mass is 16.4. The number of carboxylic acids is 1. The van der Waals surface area contributed by atoms with Gasteiger partial charge in [0.15, 0.2) is 0 Å². The number of aromatic nitrogens is 4. The van der Waals surface area contributed by atoms with Crippen LogP contribution in [0.4, 0.5) is 0 Å². The van der Waals surface area contributed by atoms with Gasteiger partial charge in [0.1, 0.15) is 5.69 Å². The van der Waals surface area contributed by atoms with Crippen LogP contribution in [0.15, 0.2) is 12.3 Å². The summed E-state index contributed by atoms with van der Waals surface area (Å²) in [6.45, 7) is 4.49. The molecule has 0 aromatic carbocycles. The first-order valence-corrected chi connectivity index (χ1v) is 6.91. The SMILES string of the molecule is Cc1nn(C)c(C)c1CNC(=O)CCn1nccc1C(=O)O. The van der Waals surface area contributed by atoms with Gasteiger partial charge in [-0.2, -0.15) is 10.2 Å². The number of carbonyl (C=O) groups excluding carboxylic acids is 1. The van der Waals surface area contributed by atoms with Gasteiger partial charge in [-0.05, 0) is 19.9 Å². The molecule has 0 unspecified atom stereocenters. The lowest BCUT2D eigenvalue weighted by Crippen LogP contribution is -2.25. The second-order valence-corrected chi connectivity index (χ2v) is 5.04. The molecule has 2 heterocycles. The van der Waals surface area contributed by atoms with E-state index in [2.05, 4.69) is 15.5 Å². The van der Waals surface area contributed by atoms with E-state index in [1.807, 2.05) is 20.9 Å². The van der Waals surface area contributed by atoms with Crippen molar-refractivity contribution in [3.63, 3.8) is 0 Å². The minimum Gasteiger partial charge on any atom is -0.477 e. The first kappa shape index (κ1) is 15.7. The number of carbonyl (C=O) groups is 2. The molecule has 2 N–H and O–H groups in total. The first-order chi connectivity index (χ1) is 10.4. The monoisotopic (exact) mass is 305 g/mol. The zero-order valence-corrected chi connectivity index (χ0v) is 12.8. The Kier molecular flexibility index (Phi) is 4.59. The molecule has 0 fully saturated rings. The maximum Gasteiger partial charge on any atom is 0.354 e. The quantitative estimate of drug-likeness (QED) is 0.815. The zero-order chi connectivity index (χ0) is 16.3. The highest BCUT2D eigenvalue weighted by Gasteiger charge is 2.13. The molecule has 2 aromatic rings. The number of carboxylic acid groups (broad SMARTS) is 1. The number of nitrogens with zero attached hydrogens (tertiary/aromatic N) is 4. The molecule has 22 heavy (non-hydrogen) atoms. The van der Waals surface area contributed by atoms with Crippen molar-refractivity contribution >= 4 is 11.9 Å². The normalized spacial score (nSPS) is 10.7. The molecular weight excluding hydrogens is 286 g/mol. The number of aromatic carboxylic acids is 1. The predicted molar refractivity (Wildman–Crippen MR) is 78.3 cm³/mol. The fourth-order valence-corrected chi connectivity index (χ4v) is 2.25. The van der Waals surface area contributed by atoms with E-state index in [0.717, 1.165) is 17.0 Å². The summed E-state index contributed by atoms with van der Waals surface area (Å²) in [6.07, 6.45) is 1.57. The summed E-state index contributed by atoms with van der Waals surface area (Å²) in [5.41, 5.74) is 2.98. The molecule has 0 radical (unpaired) electrons. The molecule has 0 saturated heterocycles. The Balaban J connectivity index is 1.88. The smallest absolute Gasteiger partial charge is 0.354 e. The molecule has 0 saturated carbocycles. The van der Waals surface area contributed by atoms with Crippen molar-refractivity contribution in [1.82, 2.24) is 24.9 Å². The van der Waals surface area contributed by atoms with Crippen LogP contribution in [0, 0.1) is 13.8 Å². The number of hydrogen-bond donors (Lipinski definition) is 2. The van der Waals surface area contributed by atoms with E-state index in [1.54, 1.807) is 4.68 Å². The van der Waals surface area contributed by atoms with Crippen LogP contribution in [0.1, 0.15) is 33.9 Å². The molecular formula is C14H19N5O3. The lowest BCUT2D eigenvalue weighted by molar-refractivity contribution is -0.121. The van der Waals surface area contributed by atoms with Gasteiger partial charge in [0, 0.05) is 37.5 Å². The van der Waals surface area contributed by atoms with Crippen LogP contribution in [-0.2, 0) is 24.9 Å². The Hall–Kier alpha value is -2.64. The van der Waals surface area contributed by atoms with Gasteiger partial charge >= 0.3 is 5.97 Å². The summed E-state index contributed by atoms with van der Waals surface area (Å²) < 4.78 is 3.09. The number of aryl methyl sites for hydroxylation is 3. The summed E-state index contributed by atoms with van der Waals surface area (Å²) in [5.74, 6) is -1.21. The zero-order valence-electron chi connectivity index (χ0n) is 12.8. The molecule has 0 spiro atoms. The highest BCUT2D eigenvalue weighted by Crippen LogP contribution is 2.11. The van der Waals surface area contributed by atoms with Crippen molar-refractivity contribution < 1.29 is 14.7 Å². The number of hydrogen-bond acceptors (Lipinski definition) is 4. The Labute approximate surface area is 127 Å². The second kappa shape index (κ2) is 6.42. The van der Waals surface area contributed by atoms with Crippen molar-refractivity contribution in [1.29, 1.82) is 0 Å². The fourth-order valence-electron chi connectivity index (χ4n) is 2.25. The summed E-state index contributed by atoms with van der Waals surface area (Å²) in [7, 11) is 1.86. The number of rotatable bonds is 6. The average Bonchev–Trinajstić information content (AvgIpc) is 3.01. The van der Waals surface area contributed by atoms with E-state index in [4.69, 9.17) is 5.11 Å². The fraction of sp³-hybridized carbons (Fsp3) is 0.429. The van der Waals surface area contributed by atoms with Gasteiger partial charge in [-0.25, -0.2) is 4.79 Å². The van der Waals surface area contributed by atoms with Crippen LogP contribution in [0.2, 0.25) is 0 Å². The maximum atomic E-state index is 11.9. The van der Waals surface area contributed by atoms with E-state index >= 15 is 0 Å². The molecule has 0 aliphatic heterocycles. The summed E-state index contributed by atoms with van der Waals surface area (Å²) in [6, 6.07) is 1.41. The van der Waals surface area contributed by atoms with Gasteiger partial charge in [-0.1, -0.05) is 0 Å². The maximum absolute atomic E-state index is 11.9. The number of amides is 1. The van der Waals surface area contributed by atoms with Crippen LogP contribution in [-0.4, -0.2) is 36.5 Å². The lowest BCUT2D eigenvalue weighted by atomic mass is 10.2. The van der Waals surface area contributed by atoms with Crippen LogP contribution in [0.3, 0.4) is 0 Å². The molecule has 2 rings (SSSR count).